The van der Waals surface area contributed by atoms with Crippen LogP contribution in [0.1, 0.15) is 24.5 Å². The van der Waals surface area contributed by atoms with Crippen LogP contribution in [0.25, 0.3) is 10.9 Å². The lowest BCUT2D eigenvalue weighted by Gasteiger charge is -2.50. The maximum atomic E-state index is 11.2. The van der Waals surface area contributed by atoms with E-state index in [0.717, 1.165) is 41.7 Å². The second kappa shape index (κ2) is 7.47. The highest BCUT2D eigenvalue weighted by atomic mass is 27.0. The Hall–Kier alpha value is -1.38. The Morgan fingerprint density at radius 3 is 2.92 bits per heavy atom. The molecule has 4 heterocycles. The molecule has 25 heavy (non-hydrogen) atoms. The van der Waals surface area contributed by atoms with Crippen LogP contribution in [-0.4, -0.2) is 58.6 Å². The minimum absolute atomic E-state index is 0. The Bertz CT molecular complexity index is 766. The zero-order valence-corrected chi connectivity index (χ0v) is 14.1. The van der Waals surface area contributed by atoms with Gasteiger partial charge in [0.05, 0.1) is 18.7 Å². The van der Waals surface area contributed by atoms with Gasteiger partial charge in [-0.1, -0.05) is 6.08 Å². The summed E-state index contributed by atoms with van der Waals surface area (Å²) in [6.45, 7) is 6.07. The quantitative estimate of drug-likeness (QED) is 0.674. The molecule has 5 atom stereocenters. The van der Waals surface area contributed by atoms with Crippen LogP contribution >= 0.6 is 0 Å². The van der Waals surface area contributed by atoms with Crippen LogP contribution in [0.4, 0.5) is 0 Å². The first-order valence-corrected chi connectivity index (χ1v) is 8.68. The number of aromatic nitrogens is 1. The topological polar surface area (TPSA) is 45.6 Å². The van der Waals surface area contributed by atoms with Crippen LogP contribution in [0.15, 0.2) is 43.1 Å². The van der Waals surface area contributed by atoms with E-state index in [0.29, 0.717) is 11.8 Å². The fraction of sp³-hybridized carbons (Fsp3) is 0.450. The zero-order chi connectivity index (χ0) is 16.7. The number of nitrogens with zero attached hydrogens (tertiary/aromatic N) is 2. The van der Waals surface area contributed by atoms with Crippen molar-refractivity contribution in [3.8, 4) is 5.75 Å². The van der Waals surface area contributed by atoms with Gasteiger partial charge in [0.25, 0.3) is 0 Å². The summed E-state index contributed by atoms with van der Waals surface area (Å²) in [5.41, 5.74) is 1.85. The highest BCUT2D eigenvalue weighted by Crippen LogP contribution is 2.42. The second-order valence-corrected chi connectivity index (χ2v) is 6.97. The SMILES string of the molecule is C=C[C@@H]1CN2CCC1C[C@@H]2C(O)c1ccnc2ccc(OC)cc12.[AlH3]. The van der Waals surface area contributed by atoms with Crippen molar-refractivity contribution in [1.82, 2.24) is 9.88 Å². The summed E-state index contributed by atoms with van der Waals surface area (Å²) in [5.74, 6) is 2.01. The normalized spacial score (nSPS) is 29.0. The van der Waals surface area contributed by atoms with Crippen molar-refractivity contribution in [2.24, 2.45) is 11.8 Å². The Morgan fingerprint density at radius 1 is 1.40 bits per heavy atom. The lowest BCUT2D eigenvalue weighted by atomic mass is 9.73. The van der Waals surface area contributed by atoms with Gasteiger partial charge in [-0.15, -0.1) is 6.58 Å². The fourth-order valence-corrected chi connectivity index (χ4v) is 4.44. The largest absolute Gasteiger partial charge is 0.497 e. The van der Waals surface area contributed by atoms with Crippen molar-refractivity contribution in [2.75, 3.05) is 20.2 Å². The van der Waals surface area contributed by atoms with Crippen molar-refractivity contribution in [3.05, 3.63) is 48.7 Å². The summed E-state index contributed by atoms with van der Waals surface area (Å²) < 4.78 is 5.35. The summed E-state index contributed by atoms with van der Waals surface area (Å²) in [6, 6.07) is 7.96. The molecule has 5 rings (SSSR count). The number of hydrogen-bond acceptors (Lipinski definition) is 4. The highest BCUT2D eigenvalue weighted by Gasteiger charge is 2.42. The van der Waals surface area contributed by atoms with E-state index in [4.69, 9.17) is 4.74 Å². The molecule has 0 aliphatic carbocycles. The lowest BCUT2D eigenvalue weighted by molar-refractivity contribution is -0.0444. The molecule has 1 N–H and O–H groups in total. The average molecular weight is 354 g/mol. The molecule has 2 bridgehead atoms. The van der Waals surface area contributed by atoms with Gasteiger partial charge in [-0.3, -0.25) is 9.88 Å². The molecule has 3 saturated heterocycles. The number of fused-ring (bicyclic) bond motifs is 4. The summed E-state index contributed by atoms with van der Waals surface area (Å²) in [6.07, 6.45) is 5.62. The molecule has 3 aliphatic rings. The van der Waals surface area contributed by atoms with E-state index in [1.165, 1.54) is 6.42 Å². The molecular formula is C20H27AlN2O2. The van der Waals surface area contributed by atoms with Gasteiger partial charge in [0.2, 0.25) is 0 Å². The van der Waals surface area contributed by atoms with Crippen molar-refractivity contribution < 1.29 is 9.84 Å². The van der Waals surface area contributed by atoms with Crippen LogP contribution in [0.2, 0.25) is 0 Å². The van der Waals surface area contributed by atoms with Crippen molar-refractivity contribution in [1.29, 1.82) is 0 Å². The van der Waals surface area contributed by atoms with Crippen LogP contribution < -0.4 is 4.74 Å². The number of methoxy groups -OCH3 is 1. The Morgan fingerprint density at radius 2 is 2.24 bits per heavy atom. The molecular weight excluding hydrogens is 327 g/mol. The third kappa shape index (κ3) is 3.22. The molecule has 1 aromatic heterocycles. The van der Waals surface area contributed by atoms with E-state index in [2.05, 4.69) is 22.5 Å². The fourth-order valence-electron chi connectivity index (χ4n) is 4.44. The van der Waals surface area contributed by atoms with Gasteiger partial charge in [0.1, 0.15) is 5.75 Å². The molecule has 4 nitrogen and oxygen atoms in total. The monoisotopic (exact) mass is 354 g/mol. The van der Waals surface area contributed by atoms with Gasteiger partial charge in [-0.25, -0.2) is 0 Å². The number of piperidine rings is 3. The van der Waals surface area contributed by atoms with Crippen molar-refractivity contribution >= 4 is 28.3 Å². The highest BCUT2D eigenvalue weighted by molar-refractivity contribution is 5.83. The summed E-state index contributed by atoms with van der Waals surface area (Å²) in [5, 5.41) is 12.1. The van der Waals surface area contributed by atoms with Crippen LogP contribution in [-0.2, 0) is 0 Å². The van der Waals surface area contributed by atoms with Crippen molar-refractivity contribution in [3.63, 3.8) is 0 Å². The third-order valence-corrected chi connectivity index (χ3v) is 5.82. The van der Waals surface area contributed by atoms with Gasteiger partial charge in [-0.2, -0.15) is 0 Å². The van der Waals surface area contributed by atoms with E-state index in [1.54, 1.807) is 13.3 Å². The predicted octanol–water partition coefficient (Wildman–Crippen LogP) is 1.99. The first kappa shape index (κ1) is 18.4. The summed E-state index contributed by atoms with van der Waals surface area (Å²) in [7, 11) is 1.66. The molecule has 3 unspecified atom stereocenters. The van der Waals surface area contributed by atoms with Gasteiger partial charge in [0.15, 0.2) is 17.4 Å². The number of hydrogen-bond donors (Lipinski definition) is 1. The molecule has 0 amide bonds. The number of pyridine rings is 1. The number of rotatable bonds is 4. The molecule has 5 heteroatoms. The number of benzene rings is 1. The number of ether oxygens (including phenoxy) is 1. The van der Waals surface area contributed by atoms with Crippen LogP contribution in [0.3, 0.4) is 0 Å². The second-order valence-electron chi connectivity index (χ2n) is 6.97. The van der Waals surface area contributed by atoms with E-state index >= 15 is 0 Å². The van der Waals surface area contributed by atoms with E-state index < -0.39 is 6.10 Å². The zero-order valence-electron chi connectivity index (χ0n) is 14.1. The number of aliphatic hydroxyl groups excluding tert-OH is 1. The maximum absolute atomic E-state index is 11.2. The number of aliphatic hydroxyl groups is 1. The van der Waals surface area contributed by atoms with Crippen molar-refractivity contribution in [2.45, 2.75) is 25.0 Å². The molecule has 132 valence electrons. The maximum Gasteiger partial charge on any atom is 0.187 e. The first-order valence-electron chi connectivity index (χ1n) is 8.68. The molecule has 3 fully saturated rings. The Kier molecular flexibility index (Phi) is 5.50. The average Bonchev–Trinajstić information content (AvgIpc) is 2.66. The molecule has 2 aromatic rings. The predicted molar refractivity (Wildman–Crippen MR) is 105 cm³/mol. The molecule has 3 aliphatic heterocycles. The molecule has 0 radical (unpaired) electrons. The molecule has 0 saturated carbocycles. The minimum atomic E-state index is -0.504. The van der Waals surface area contributed by atoms with Gasteiger partial charge in [-0.05, 0) is 61.1 Å². The Labute approximate surface area is 159 Å². The van der Waals surface area contributed by atoms with Gasteiger partial charge < -0.3 is 9.84 Å². The van der Waals surface area contributed by atoms with E-state index in [1.807, 2.05) is 24.3 Å². The molecule has 1 aromatic carbocycles. The molecule has 0 spiro atoms. The minimum Gasteiger partial charge on any atom is -0.497 e. The van der Waals surface area contributed by atoms with E-state index in [9.17, 15) is 5.11 Å². The third-order valence-electron chi connectivity index (χ3n) is 5.82. The van der Waals surface area contributed by atoms with Gasteiger partial charge in [0, 0.05) is 24.2 Å². The lowest BCUT2D eigenvalue weighted by Crippen LogP contribution is -2.54. The smallest absolute Gasteiger partial charge is 0.187 e. The standard InChI is InChI=1S/C20H24N2O2.Al.3H/c1-3-13-12-22-9-7-14(13)10-19(22)20(23)16-6-8-21-18-5-4-15(24-2)11-17(16)18;;;;/h3-6,8,11,13-14,19-20,23H,1,7,9-10,12H2,2H3;;;;/t13-,14?,19-,20?;;;;/m1..../s1. The van der Waals surface area contributed by atoms with Crippen LogP contribution in [0.5, 0.6) is 5.75 Å². The first-order chi connectivity index (χ1) is 11.7. The Balaban J connectivity index is 0.00000182. The van der Waals surface area contributed by atoms with Crippen LogP contribution in [0, 0.1) is 11.8 Å². The summed E-state index contributed by atoms with van der Waals surface area (Å²) in [4.78, 5) is 6.86. The van der Waals surface area contributed by atoms with E-state index in [-0.39, 0.29) is 23.4 Å². The summed E-state index contributed by atoms with van der Waals surface area (Å²) >= 11 is 0. The van der Waals surface area contributed by atoms with Gasteiger partial charge >= 0.3 is 0 Å².